The molecule has 4 heteroatoms. The number of aliphatic hydroxyl groups excluding tert-OH is 2. The first-order valence-electron chi connectivity index (χ1n) is 8.18. The molecule has 0 fully saturated rings. The quantitative estimate of drug-likeness (QED) is 0.614. The number of aryl methyl sites for hydroxylation is 2. The zero-order chi connectivity index (χ0) is 18.1. The molecule has 1 aromatic carbocycles. The van der Waals surface area contributed by atoms with Crippen LogP contribution in [0.25, 0.3) is 0 Å². The van der Waals surface area contributed by atoms with Gasteiger partial charge in [-0.05, 0) is 53.3 Å². The lowest BCUT2D eigenvalue weighted by Crippen LogP contribution is -2.01. The number of pyridine rings is 1. The fourth-order valence-electron chi connectivity index (χ4n) is 2.46. The predicted molar refractivity (Wildman–Crippen MR) is 102 cm³/mol. The van der Waals surface area contributed by atoms with Gasteiger partial charge in [-0.15, -0.1) is 0 Å². The maximum atomic E-state index is 9.21. The monoisotopic (exact) mass is 336 g/mol. The van der Waals surface area contributed by atoms with E-state index in [4.69, 9.17) is 5.11 Å². The minimum atomic E-state index is -0.0788. The number of allylic oxidation sites excluding steroid dienone is 1. The minimum absolute atomic E-state index is 0.0628. The first-order valence-corrected chi connectivity index (χ1v) is 8.18. The molecule has 0 atom stereocenters. The van der Waals surface area contributed by atoms with Crippen molar-refractivity contribution in [2.24, 2.45) is 0 Å². The molecule has 0 aliphatic carbocycles. The molecule has 25 heavy (non-hydrogen) atoms. The Morgan fingerprint density at radius 2 is 1.80 bits per heavy atom. The lowest BCUT2D eigenvalue weighted by molar-refractivity contribution is 0.281. The van der Waals surface area contributed by atoms with E-state index in [-0.39, 0.29) is 13.2 Å². The highest BCUT2D eigenvalue weighted by molar-refractivity contribution is 5.47. The molecule has 0 aliphatic heterocycles. The Hall–Kier alpha value is -2.69. The maximum Gasteiger partial charge on any atom is 0.130 e. The van der Waals surface area contributed by atoms with Crippen molar-refractivity contribution in [2.75, 3.05) is 11.9 Å². The molecular formula is C21H24N2O2. The second kappa shape index (κ2) is 9.57. The van der Waals surface area contributed by atoms with E-state index in [0.717, 1.165) is 24.0 Å². The number of benzene rings is 1. The Morgan fingerprint density at radius 3 is 2.48 bits per heavy atom. The van der Waals surface area contributed by atoms with Gasteiger partial charge in [0.05, 0.1) is 13.2 Å². The third kappa shape index (κ3) is 6.03. The van der Waals surface area contributed by atoms with Crippen LogP contribution < -0.4 is 5.32 Å². The van der Waals surface area contributed by atoms with Gasteiger partial charge < -0.3 is 15.5 Å². The van der Waals surface area contributed by atoms with Crippen molar-refractivity contribution in [3.63, 3.8) is 0 Å². The summed E-state index contributed by atoms with van der Waals surface area (Å²) in [5.41, 5.74) is 4.62. The molecular weight excluding hydrogens is 312 g/mol. The molecule has 0 bridgehead atoms. The van der Waals surface area contributed by atoms with Gasteiger partial charge in [0.2, 0.25) is 0 Å². The summed E-state index contributed by atoms with van der Waals surface area (Å²) >= 11 is 0. The smallest absolute Gasteiger partial charge is 0.130 e. The Kier molecular flexibility index (Phi) is 7.14. The molecule has 2 aromatic rings. The molecule has 0 radical (unpaired) electrons. The number of aliphatic hydroxyl groups is 2. The second-order valence-corrected chi connectivity index (χ2v) is 5.76. The molecule has 3 N–H and O–H groups in total. The highest BCUT2D eigenvalue weighted by Gasteiger charge is 2.01. The molecule has 0 unspecified atom stereocenters. The molecule has 4 nitrogen and oxygen atoms in total. The molecule has 1 heterocycles. The van der Waals surface area contributed by atoms with Gasteiger partial charge in [-0.2, -0.15) is 0 Å². The van der Waals surface area contributed by atoms with Gasteiger partial charge >= 0.3 is 0 Å². The Morgan fingerprint density at radius 1 is 1.08 bits per heavy atom. The first kappa shape index (κ1) is 18.6. The van der Waals surface area contributed by atoms with Crippen LogP contribution in [0.1, 0.15) is 16.7 Å². The van der Waals surface area contributed by atoms with Crippen LogP contribution in [0.15, 0.2) is 79.2 Å². The summed E-state index contributed by atoms with van der Waals surface area (Å²) in [5.74, 6) is 0.712. The number of rotatable bonds is 9. The van der Waals surface area contributed by atoms with Gasteiger partial charge in [0.15, 0.2) is 0 Å². The van der Waals surface area contributed by atoms with Gasteiger partial charge in [0.1, 0.15) is 5.82 Å². The first-order chi connectivity index (χ1) is 12.1. The molecule has 1 aromatic heterocycles. The number of hydrogen-bond acceptors (Lipinski definition) is 4. The second-order valence-electron chi connectivity index (χ2n) is 5.76. The van der Waals surface area contributed by atoms with E-state index in [1.54, 1.807) is 18.3 Å². The molecule has 0 saturated heterocycles. The standard InChI is InChI=1S/C21H24N2O2/c1-3-17(14-24)11-16(2)23-21-13-19(9-10-22-21)8-7-18-5-4-6-20(12-18)15-25/h3-6,9-13,24-25H,1-2,7-8,14-15H2,(H,22,23)/b17-11+. The zero-order valence-corrected chi connectivity index (χ0v) is 14.3. The van der Waals surface area contributed by atoms with Crippen LogP contribution in [0.2, 0.25) is 0 Å². The van der Waals surface area contributed by atoms with Crippen molar-refractivity contribution < 1.29 is 10.2 Å². The van der Waals surface area contributed by atoms with E-state index in [0.29, 0.717) is 17.1 Å². The number of nitrogens with zero attached hydrogens (tertiary/aromatic N) is 1. The Labute approximate surface area is 148 Å². The Bertz CT molecular complexity index is 766. The molecule has 2 rings (SSSR count). The summed E-state index contributed by atoms with van der Waals surface area (Å²) < 4.78 is 0. The van der Waals surface area contributed by atoms with Gasteiger partial charge in [-0.1, -0.05) is 43.5 Å². The van der Waals surface area contributed by atoms with Gasteiger partial charge in [-0.25, -0.2) is 4.98 Å². The van der Waals surface area contributed by atoms with Crippen molar-refractivity contribution in [2.45, 2.75) is 19.4 Å². The summed E-state index contributed by atoms with van der Waals surface area (Å²) in [4.78, 5) is 4.30. The summed E-state index contributed by atoms with van der Waals surface area (Å²) in [6.07, 6.45) is 6.87. The van der Waals surface area contributed by atoms with Crippen molar-refractivity contribution in [3.05, 3.63) is 95.9 Å². The van der Waals surface area contributed by atoms with Crippen LogP contribution in [-0.4, -0.2) is 21.8 Å². The van der Waals surface area contributed by atoms with Crippen LogP contribution in [0.5, 0.6) is 0 Å². The average molecular weight is 336 g/mol. The van der Waals surface area contributed by atoms with Crippen LogP contribution in [-0.2, 0) is 19.4 Å². The third-order valence-electron chi connectivity index (χ3n) is 3.79. The van der Waals surface area contributed by atoms with Crippen LogP contribution in [0.4, 0.5) is 5.82 Å². The van der Waals surface area contributed by atoms with Gasteiger partial charge in [0.25, 0.3) is 0 Å². The SMILES string of the molecule is C=C/C(=C\C(=C)Nc1cc(CCc2cccc(CO)c2)ccn1)CO. The van der Waals surface area contributed by atoms with E-state index < -0.39 is 0 Å². The number of aromatic nitrogens is 1. The van der Waals surface area contributed by atoms with E-state index in [2.05, 4.69) is 29.5 Å². The van der Waals surface area contributed by atoms with Crippen molar-refractivity contribution >= 4 is 5.82 Å². The highest BCUT2D eigenvalue weighted by atomic mass is 16.3. The van der Waals surface area contributed by atoms with E-state index in [1.807, 2.05) is 30.3 Å². The lowest BCUT2D eigenvalue weighted by Gasteiger charge is -2.09. The fraction of sp³-hybridized carbons (Fsp3) is 0.190. The number of nitrogens with one attached hydrogen (secondary N) is 1. The van der Waals surface area contributed by atoms with E-state index in [1.165, 1.54) is 5.56 Å². The van der Waals surface area contributed by atoms with Crippen molar-refractivity contribution in [1.29, 1.82) is 0 Å². The summed E-state index contributed by atoms with van der Waals surface area (Å²) in [6.45, 7) is 7.55. The van der Waals surface area contributed by atoms with Crippen LogP contribution >= 0.6 is 0 Å². The Balaban J connectivity index is 1.99. The van der Waals surface area contributed by atoms with Gasteiger partial charge in [0, 0.05) is 11.9 Å². The topological polar surface area (TPSA) is 65.4 Å². The normalized spacial score (nSPS) is 11.2. The fourth-order valence-corrected chi connectivity index (χ4v) is 2.46. The molecule has 0 amide bonds. The largest absolute Gasteiger partial charge is 0.392 e. The summed E-state index contributed by atoms with van der Waals surface area (Å²) in [7, 11) is 0. The minimum Gasteiger partial charge on any atom is -0.392 e. The van der Waals surface area contributed by atoms with Crippen molar-refractivity contribution in [1.82, 2.24) is 4.98 Å². The molecule has 0 spiro atoms. The predicted octanol–water partition coefficient (Wildman–Crippen LogP) is 3.39. The molecule has 0 saturated carbocycles. The van der Waals surface area contributed by atoms with Crippen molar-refractivity contribution in [3.8, 4) is 0 Å². The average Bonchev–Trinajstić information content (AvgIpc) is 2.65. The molecule has 0 aliphatic rings. The maximum absolute atomic E-state index is 9.21. The van der Waals surface area contributed by atoms with E-state index in [9.17, 15) is 5.11 Å². The van der Waals surface area contributed by atoms with Gasteiger partial charge in [-0.3, -0.25) is 0 Å². The molecule has 130 valence electrons. The lowest BCUT2D eigenvalue weighted by atomic mass is 10.0. The summed E-state index contributed by atoms with van der Waals surface area (Å²) in [5, 5.41) is 21.5. The number of hydrogen-bond donors (Lipinski definition) is 3. The third-order valence-corrected chi connectivity index (χ3v) is 3.79. The summed E-state index contributed by atoms with van der Waals surface area (Å²) in [6, 6.07) is 12.0. The van der Waals surface area contributed by atoms with E-state index >= 15 is 0 Å². The number of anilines is 1. The highest BCUT2D eigenvalue weighted by Crippen LogP contribution is 2.14. The van der Waals surface area contributed by atoms with Crippen LogP contribution in [0.3, 0.4) is 0 Å². The zero-order valence-electron chi connectivity index (χ0n) is 14.3. The van der Waals surface area contributed by atoms with Crippen LogP contribution in [0, 0.1) is 0 Å².